The van der Waals surface area contributed by atoms with Gasteiger partial charge in [-0.25, -0.2) is 4.98 Å². The molecular weight excluding hydrogens is 279 g/mol. The molecule has 19 heavy (non-hydrogen) atoms. The van der Waals surface area contributed by atoms with E-state index >= 15 is 0 Å². The number of fused-ring (bicyclic) bond motifs is 1. The van der Waals surface area contributed by atoms with Gasteiger partial charge in [0.15, 0.2) is 0 Å². The molecule has 1 fully saturated rings. The quantitative estimate of drug-likeness (QED) is 0.710. The molecule has 0 saturated heterocycles. The van der Waals surface area contributed by atoms with E-state index < -0.39 is 0 Å². The lowest BCUT2D eigenvalue weighted by Crippen LogP contribution is -2.16. The number of hydrogen-bond donors (Lipinski definition) is 0. The van der Waals surface area contributed by atoms with Crippen molar-refractivity contribution in [1.29, 1.82) is 0 Å². The van der Waals surface area contributed by atoms with E-state index in [0.29, 0.717) is 17.8 Å². The van der Waals surface area contributed by atoms with Gasteiger partial charge in [0, 0.05) is 6.04 Å². The number of imidazole rings is 1. The first-order chi connectivity index (χ1) is 9.13. The Balaban J connectivity index is 2.21. The zero-order valence-electron chi connectivity index (χ0n) is 11.2. The van der Waals surface area contributed by atoms with Crippen LogP contribution in [0.5, 0.6) is 0 Å². The third-order valence-corrected chi connectivity index (χ3v) is 5.15. The van der Waals surface area contributed by atoms with Crippen molar-refractivity contribution in [3.05, 3.63) is 29.0 Å². The van der Waals surface area contributed by atoms with E-state index in [1.807, 2.05) is 18.2 Å². The van der Waals surface area contributed by atoms with Crippen LogP contribution in [0.2, 0.25) is 5.02 Å². The second-order valence-electron chi connectivity index (χ2n) is 5.62. The van der Waals surface area contributed by atoms with E-state index in [-0.39, 0.29) is 0 Å². The Morgan fingerprint density at radius 2 is 2.11 bits per heavy atom. The molecule has 3 rings (SSSR count). The molecule has 4 heteroatoms. The van der Waals surface area contributed by atoms with Gasteiger partial charge in [-0.15, -0.1) is 11.6 Å². The maximum absolute atomic E-state index is 6.39. The standard InChI is InChI=1S/C15H18Cl2N2/c1-9-6-7-13(10(9)2)19-14(8-16)18-12-5-3-4-11(17)15(12)19/h3-5,9-10,13H,6-8H2,1-2H3. The smallest absolute Gasteiger partial charge is 0.125 e. The molecule has 1 aliphatic carbocycles. The Morgan fingerprint density at radius 1 is 1.32 bits per heavy atom. The average molecular weight is 297 g/mol. The topological polar surface area (TPSA) is 17.8 Å². The molecule has 1 heterocycles. The van der Waals surface area contributed by atoms with E-state index in [1.54, 1.807) is 0 Å². The van der Waals surface area contributed by atoms with Gasteiger partial charge >= 0.3 is 0 Å². The highest BCUT2D eigenvalue weighted by Crippen LogP contribution is 2.43. The van der Waals surface area contributed by atoms with Crippen LogP contribution in [0, 0.1) is 11.8 Å². The summed E-state index contributed by atoms with van der Waals surface area (Å²) in [5.41, 5.74) is 2.00. The molecule has 0 amide bonds. The van der Waals surface area contributed by atoms with Crippen LogP contribution in [-0.2, 0) is 5.88 Å². The van der Waals surface area contributed by atoms with E-state index in [2.05, 4.69) is 23.4 Å². The van der Waals surface area contributed by atoms with Gasteiger partial charge in [-0.05, 0) is 36.8 Å². The summed E-state index contributed by atoms with van der Waals surface area (Å²) in [5.74, 6) is 2.75. The molecule has 2 nitrogen and oxygen atoms in total. The van der Waals surface area contributed by atoms with E-state index in [9.17, 15) is 0 Å². The van der Waals surface area contributed by atoms with Gasteiger partial charge < -0.3 is 4.57 Å². The zero-order valence-corrected chi connectivity index (χ0v) is 12.7. The number of alkyl halides is 1. The van der Waals surface area contributed by atoms with Gasteiger partial charge in [-0.3, -0.25) is 0 Å². The van der Waals surface area contributed by atoms with Crippen LogP contribution < -0.4 is 0 Å². The highest BCUT2D eigenvalue weighted by atomic mass is 35.5. The van der Waals surface area contributed by atoms with Crippen molar-refractivity contribution in [2.45, 2.75) is 38.6 Å². The minimum atomic E-state index is 0.433. The summed E-state index contributed by atoms with van der Waals surface area (Å²) in [6.45, 7) is 4.65. The van der Waals surface area contributed by atoms with Crippen LogP contribution in [0.15, 0.2) is 18.2 Å². The molecule has 0 N–H and O–H groups in total. The van der Waals surface area contributed by atoms with E-state index in [4.69, 9.17) is 23.2 Å². The molecule has 2 aromatic rings. The molecule has 1 aromatic heterocycles. The van der Waals surface area contributed by atoms with Gasteiger partial charge in [0.05, 0.1) is 21.9 Å². The average Bonchev–Trinajstić information content (AvgIpc) is 2.92. The number of nitrogens with zero attached hydrogens (tertiary/aromatic N) is 2. The Hall–Kier alpha value is -0.730. The van der Waals surface area contributed by atoms with E-state index in [1.165, 1.54) is 12.8 Å². The van der Waals surface area contributed by atoms with Gasteiger partial charge in [0.2, 0.25) is 0 Å². The van der Waals surface area contributed by atoms with Crippen molar-refractivity contribution in [3.63, 3.8) is 0 Å². The molecule has 1 saturated carbocycles. The van der Waals surface area contributed by atoms with Crippen molar-refractivity contribution in [1.82, 2.24) is 9.55 Å². The third-order valence-electron chi connectivity index (χ3n) is 4.61. The minimum absolute atomic E-state index is 0.433. The molecule has 3 atom stereocenters. The summed E-state index contributed by atoms with van der Waals surface area (Å²) < 4.78 is 2.29. The zero-order chi connectivity index (χ0) is 13.6. The maximum atomic E-state index is 6.39. The van der Waals surface area contributed by atoms with E-state index in [0.717, 1.165) is 27.8 Å². The van der Waals surface area contributed by atoms with Crippen LogP contribution in [0.3, 0.4) is 0 Å². The molecule has 1 aromatic carbocycles. The lowest BCUT2D eigenvalue weighted by atomic mass is 9.97. The van der Waals surface area contributed by atoms with Gasteiger partial charge in [-0.1, -0.05) is 31.5 Å². The lowest BCUT2D eigenvalue weighted by Gasteiger charge is -2.22. The Kier molecular flexibility index (Phi) is 3.48. The monoisotopic (exact) mass is 296 g/mol. The molecular formula is C15H18Cl2N2. The number of halogens is 2. The van der Waals surface area contributed by atoms with Crippen molar-refractivity contribution in [2.75, 3.05) is 0 Å². The highest BCUT2D eigenvalue weighted by Gasteiger charge is 2.33. The van der Waals surface area contributed by atoms with Crippen LogP contribution in [0.4, 0.5) is 0 Å². The molecule has 0 bridgehead atoms. The fraction of sp³-hybridized carbons (Fsp3) is 0.533. The maximum Gasteiger partial charge on any atom is 0.125 e. The van der Waals surface area contributed by atoms with Crippen molar-refractivity contribution < 1.29 is 0 Å². The first-order valence-corrected chi connectivity index (χ1v) is 7.76. The normalized spacial score (nSPS) is 27.3. The number of para-hydroxylation sites is 1. The minimum Gasteiger partial charge on any atom is -0.322 e. The highest BCUT2D eigenvalue weighted by molar-refractivity contribution is 6.35. The third kappa shape index (κ3) is 2.05. The molecule has 0 radical (unpaired) electrons. The number of hydrogen-bond acceptors (Lipinski definition) is 1. The predicted octanol–water partition coefficient (Wildman–Crippen LogP) is 5.04. The molecule has 0 spiro atoms. The number of rotatable bonds is 2. The summed E-state index contributed by atoms with van der Waals surface area (Å²) in [6.07, 6.45) is 2.45. The number of aromatic nitrogens is 2. The fourth-order valence-electron chi connectivity index (χ4n) is 3.31. The van der Waals surface area contributed by atoms with Gasteiger partial charge in [-0.2, -0.15) is 0 Å². The van der Waals surface area contributed by atoms with Crippen LogP contribution in [0.1, 0.15) is 38.6 Å². The van der Waals surface area contributed by atoms with Crippen LogP contribution in [-0.4, -0.2) is 9.55 Å². The predicted molar refractivity (Wildman–Crippen MR) is 80.9 cm³/mol. The van der Waals surface area contributed by atoms with Gasteiger partial charge in [0.25, 0.3) is 0 Å². The van der Waals surface area contributed by atoms with Crippen molar-refractivity contribution in [3.8, 4) is 0 Å². The first-order valence-electron chi connectivity index (χ1n) is 6.84. The van der Waals surface area contributed by atoms with Crippen LogP contribution in [0.25, 0.3) is 11.0 Å². The summed E-state index contributed by atoms with van der Waals surface area (Å²) in [4.78, 5) is 4.64. The second kappa shape index (κ2) is 4.99. The second-order valence-corrected chi connectivity index (χ2v) is 6.29. The Morgan fingerprint density at radius 3 is 2.74 bits per heavy atom. The Labute approximate surface area is 123 Å². The summed E-state index contributed by atoms with van der Waals surface area (Å²) in [5, 5.41) is 0.771. The molecule has 102 valence electrons. The molecule has 0 aliphatic heterocycles. The number of benzene rings is 1. The SMILES string of the molecule is CC1CCC(n2c(CCl)nc3cccc(Cl)c32)C1C. The fourth-order valence-corrected chi connectivity index (χ4v) is 3.76. The largest absolute Gasteiger partial charge is 0.322 e. The molecule has 3 unspecified atom stereocenters. The Bertz CT molecular complexity index is 605. The van der Waals surface area contributed by atoms with Gasteiger partial charge in [0.1, 0.15) is 5.82 Å². The van der Waals surface area contributed by atoms with Crippen LogP contribution >= 0.6 is 23.2 Å². The summed E-state index contributed by atoms with van der Waals surface area (Å²) >= 11 is 12.5. The van der Waals surface area contributed by atoms with Crippen molar-refractivity contribution >= 4 is 34.2 Å². The lowest BCUT2D eigenvalue weighted by molar-refractivity contribution is 0.354. The molecule has 1 aliphatic rings. The first kappa shape index (κ1) is 13.3. The van der Waals surface area contributed by atoms with Crippen molar-refractivity contribution in [2.24, 2.45) is 11.8 Å². The summed E-state index contributed by atoms with van der Waals surface area (Å²) in [6, 6.07) is 6.36. The summed E-state index contributed by atoms with van der Waals surface area (Å²) in [7, 11) is 0.